The molecule has 6 heteroatoms. The van der Waals surface area contributed by atoms with Crippen LogP contribution in [0.5, 0.6) is 0 Å². The number of nitrogens with zero attached hydrogens (tertiary/aromatic N) is 2. The molecule has 118 valence electrons. The van der Waals surface area contributed by atoms with Gasteiger partial charge in [-0.15, -0.1) is 0 Å². The first kappa shape index (κ1) is 16.3. The summed E-state index contributed by atoms with van der Waals surface area (Å²) in [4.78, 5) is 2.24. The molecule has 1 aliphatic carbocycles. The molecule has 2 N–H and O–H groups in total. The van der Waals surface area contributed by atoms with Crippen LogP contribution in [0, 0.1) is 0 Å². The Hall–Kier alpha value is -1.11. The highest BCUT2D eigenvalue weighted by atomic mass is 32.2. The third-order valence-electron chi connectivity index (χ3n) is 4.01. The molecular formula is C15H25N3O2S. The molecule has 0 spiro atoms. The lowest BCUT2D eigenvalue weighted by molar-refractivity contribution is 0.282. The maximum Gasteiger partial charge on any atom is 0.245 e. The molecule has 2 rings (SSSR count). The molecule has 1 aromatic carbocycles. The van der Waals surface area contributed by atoms with Crippen molar-refractivity contribution in [1.82, 2.24) is 9.21 Å². The van der Waals surface area contributed by atoms with Gasteiger partial charge in [0.25, 0.3) is 0 Å². The standard InChI is InChI=1S/C15H25N3O2S/c1-17(2)11-12-18(13-7-3-4-8-13)21(19,20)15-10-6-5-9-14(15)16/h5-6,9-10,13H,3-4,7-8,11-12,16H2,1-2H3. The largest absolute Gasteiger partial charge is 0.398 e. The number of hydrogen-bond donors (Lipinski definition) is 1. The number of likely N-dealkylation sites (N-methyl/N-ethyl adjacent to an activating group) is 1. The molecule has 21 heavy (non-hydrogen) atoms. The number of hydrogen-bond acceptors (Lipinski definition) is 4. The van der Waals surface area contributed by atoms with E-state index in [1.807, 2.05) is 19.0 Å². The quantitative estimate of drug-likeness (QED) is 0.813. The van der Waals surface area contributed by atoms with Crippen LogP contribution in [-0.2, 0) is 10.0 Å². The minimum Gasteiger partial charge on any atom is -0.398 e. The SMILES string of the molecule is CN(C)CCN(C1CCCC1)S(=O)(=O)c1ccccc1N. The van der Waals surface area contributed by atoms with Crippen molar-refractivity contribution in [2.75, 3.05) is 32.9 Å². The van der Waals surface area contributed by atoms with Gasteiger partial charge in [-0.1, -0.05) is 25.0 Å². The van der Waals surface area contributed by atoms with E-state index in [4.69, 9.17) is 5.73 Å². The van der Waals surface area contributed by atoms with Crippen molar-refractivity contribution in [3.63, 3.8) is 0 Å². The molecule has 0 aromatic heterocycles. The lowest BCUT2D eigenvalue weighted by Gasteiger charge is -2.29. The normalized spacial score (nSPS) is 17.0. The van der Waals surface area contributed by atoms with E-state index >= 15 is 0 Å². The van der Waals surface area contributed by atoms with Crippen LogP contribution in [0.1, 0.15) is 25.7 Å². The molecule has 0 radical (unpaired) electrons. The number of anilines is 1. The van der Waals surface area contributed by atoms with Crippen LogP contribution in [0.4, 0.5) is 5.69 Å². The van der Waals surface area contributed by atoms with Gasteiger partial charge in [0.2, 0.25) is 10.0 Å². The van der Waals surface area contributed by atoms with E-state index in [0.29, 0.717) is 18.8 Å². The monoisotopic (exact) mass is 311 g/mol. The Kier molecular flexibility index (Phi) is 5.24. The predicted molar refractivity (Wildman–Crippen MR) is 85.6 cm³/mol. The zero-order chi connectivity index (χ0) is 15.5. The number of benzene rings is 1. The summed E-state index contributed by atoms with van der Waals surface area (Å²) in [5, 5.41) is 0. The van der Waals surface area contributed by atoms with E-state index in [9.17, 15) is 8.42 Å². The van der Waals surface area contributed by atoms with E-state index in [0.717, 1.165) is 25.7 Å². The molecule has 0 heterocycles. The summed E-state index contributed by atoms with van der Waals surface area (Å²) in [5.41, 5.74) is 6.21. The molecule has 0 saturated heterocycles. The highest BCUT2D eigenvalue weighted by Crippen LogP contribution is 2.30. The first-order valence-corrected chi connectivity index (χ1v) is 8.88. The summed E-state index contributed by atoms with van der Waals surface area (Å²) >= 11 is 0. The van der Waals surface area contributed by atoms with Gasteiger partial charge in [0, 0.05) is 19.1 Å². The molecule has 1 saturated carbocycles. The van der Waals surface area contributed by atoms with E-state index in [-0.39, 0.29) is 10.9 Å². The molecule has 0 atom stereocenters. The fourth-order valence-corrected chi connectivity index (χ4v) is 4.63. The number of nitrogen functional groups attached to an aromatic ring is 1. The van der Waals surface area contributed by atoms with Crippen LogP contribution in [-0.4, -0.2) is 50.8 Å². The lowest BCUT2D eigenvalue weighted by Crippen LogP contribution is -2.42. The molecular weight excluding hydrogens is 286 g/mol. The van der Waals surface area contributed by atoms with Gasteiger partial charge in [-0.25, -0.2) is 8.42 Å². The topological polar surface area (TPSA) is 66.6 Å². The van der Waals surface area contributed by atoms with Crippen molar-refractivity contribution in [2.24, 2.45) is 0 Å². The van der Waals surface area contributed by atoms with Gasteiger partial charge >= 0.3 is 0 Å². The van der Waals surface area contributed by atoms with Crippen molar-refractivity contribution in [3.05, 3.63) is 24.3 Å². The van der Waals surface area contributed by atoms with E-state index < -0.39 is 10.0 Å². The zero-order valence-corrected chi connectivity index (χ0v) is 13.6. The average molecular weight is 311 g/mol. The van der Waals surface area contributed by atoms with Crippen LogP contribution in [0.25, 0.3) is 0 Å². The number of rotatable bonds is 6. The number of para-hydroxylation sites is 1. The third kappa shape index (κ3) is 3.75. The maximum atomic E-state index is 13.0. The predicted octanol–water partition coefficient (Wildman–Crippen LogP) is 1.76. The van der Waals surface area contributed by atoms with Crippen LogP contribution in [0.3, 0.4) is 0 Å². The third-order valence-corrected chi connectivity index (χ3v) is 6.03. The Labute approximate surface area is 127 Å². The van der Waals surface area contributed by atoms with Crippen LogP contribution < -0.4 is 5.73 Å². The molecule has 1 fully saturated rings. The van der Waals surface area contributed by atoms with Crippen molar-refractivity contribution < 1.29 is 8.42 Å². The Balaban J connectivity index is 2.32. The lowest BCUT2D eigenvalue weighted by atomic mass is 10.2. The van der Waals surface area contributed by atoms with Gasteiger partial charge in [-0.3, -0.25) is 0 Å². The van der Waals surface area contributed by atoms with Gasteiger partial charge in [0.15, 0.2) is 0 Å². The van der Waals surface area contributed by atoms with Gasteiger partial charge in [0.05, 0.1) is 5.69 Å². The van der Waals surface area contributed by atoms with Crippen LogP contribution in [0.2, 0.25) is 0 Å². The maximum absolute atomic E-state index is 13.0. The van der Waals surface area contributed by atoms with Crippen LogP contribution >= 0.6 is 0 Å². The second kappa shape index (κ2) is 6.77. The van der Waals surface area contributed by atoms with Gasteiger partial charge in [0.1, 0.15) is 4.90 Å². The van der Waals surface area contributed by atoms with Gasteiger partial charge < -0.3 is 10.6 Å². The Morgan fingerprint density at radius 1 is 1.14 bits per heavy atom. The van der Waals surface area contributed by atoms with Crippen molar-refractivity contribution in [2.45, 2.75) is 36.6 Å². The summed E-state index contributed by atoms with van der Waals surface area (Å²) < 4.78 is 27.6. The molecule has 0 unspecified atom stereocenters. The smallest absolute Gasteiger partial charge is 0.245 e. The molecule has 5 nitrogen and oxygen atoms in total. The zero-order valence-electron chi connectivity index (χ0n) is 12.8. The fourth-order valence-electron chi connectivity index (χ4n) is 2.83. The van der Waals surface area contributed by atoms with Crippen molar-refractivity contribution >= 4 is 15.7 Å². The average Bonchev–Trinajstić information content (AvgIpc) is 2.92. The molecule has 0 bridgehead atoms. The molecule has 1 aliphatic rings. The summed E-state index contributed by atoms with van der Waals surface area (Å²) in [5.74, 6) is 0. The molecule has 1 aromatic rings. The minimum absolute atomic E-state index is 0.106. The van der Waals surface area contributed by atoms with Gasteiger partial charge in [-0.05, 0) is 39.1 Å². The van der Waals surface area contributed by atoms with Crippen molar-refractivity contribution in [1.29, 1.82) is 0 Å². The number of sulfonamides is 1. The van der Waals surface area contributed by atoms with Crippen LogP contribution in [0.15, 0.2) is 29.2 Å². The number of nitrogens with two attached hydrogens (primary N) is 1. The van der Waals surface area contributed by atoms with E-state index in [1.54, 1.807) is 28.6 Å². The van der Waals surface area contributed by atoms with E-state index in [2.05, 4.69) is 0 Å². The Bertz CT molecular complexity index is 566. The van der Waals surface area contributed by atoms with Crippen molar-refractivity contribution in [3.8, 4) is 0 Å². The molecule has 0 amide bonds. The summed E-state index contributed by atoms with van der Waals surface area (Å²) in [6.45, 7) is 1.22. The fraction of sp³-hybridized carbons (Fsp3) is 0.600. The van der Waals surface area contributed by atoms with Gasteiger partial charge in [-0.2, -0.15) is 4.31 Å². The Morgan fingerprint density at radius 2 is 1.76 bits per heavy atom. The summed E-state index contributed by atoms with van der Waals surface area (Å²) in [6, 6.07) is 6.83. The first-order chi connectivity index (χ1) is 9.93. The van der Waals surface area contributed by atoms with E-state index in [1.165, 1.54) is 0 Å². The molecule has 0 aliphatic heterocycles. The summed E-state index contributed by atoms with van der Waals surface area (Å²) in [7, 11) is 0.380. The minimum atomic E-state index is -3.53. The highest BCUT2D eigenvalue weighted by molar-refractivity contribution is 7.89. The highest BCUT2D eigenvalue weighted by Gasteiger charge is 2.33. The second-order valence-corrected chi connectivity index (χ2v) is 7.75. The summed E-state index contributed by atoms with van der Waals surface area (Å²) in [6.07, 6.45) is 4.09. The second-order valence-electron chi connectivity index (χ2n) is 5.90. The first-order valence-electron chi connectivity index (χ1n) is 7.44. The Morgan fingerprint density at radius 3 is 2.33 bits per heavy atom.